The second-order valence-electron chi connectivity index (χ2n) is 5.08. The van der Waals surface area contributed by atoms with Crippen molar-refractivity contribution in [1.82, 2.24) is 4.90 Å². The third kappa shape index (κ3) is 6.32. The molecule has 0 aliphatic rings. The van der Waals surface area contributed by atoms with Crippen molar-refractivity contribution in [3.63, 3.8) is 0 Å². The maximum absolute atomic E-state index is 13.7. The minimum Gasteiger partial charge on any atom is -0.393 e. The third-order valence-corrected chi connectivity index (χ3v) is 3.14. The van der Waals surface area contributed by atoms with Crippen molar-refractivity contribution in [2.75, 3.05) is 13.1 Å². The van der Waals surface area contributed by atoms with Crippen molar-refractivity contribution in [1.29, 1.82) is 0 Å². The Balaban J connectivity index is 2.74. The number of nitrogens with two attached hydrogens (primary N) is 1. The number of nitrogens with zero attached hydrogens (tertiary/aromatic N) is 1. The van der Waals surface area contributed by atoms with Gasteiger partial charge in [0.25, 0.3) is 0 Å². The van der Waals surface area contributed by atoms with Gasteiger partial charge in [0.1, 0.15) is 5.82 Å². The predicted octanol–water partition coefficient (Wildman–Crippen LogP) is 3.61. The van der Waals surface area contributed by atoms with Gasteiger partial charge in [-0.3, -0.25) is 4.90 Å². The van der Waals surface area contributed by atoms with E-state index in [1.807, 2.05) is 0 Å². The molecule has 19 heavy (non-hydrogen) atoms. The molecule has 0 bridgehead atoms. The van der Waals surface area contributed by atoms with E-state index in [1.54, 1.807) is 12.1 Å². The minimum absolute atomic E-state index is 0.228. The maximum Gasteiger partial charge on any atom is 0.127 e. The molecular formula is C14H20ClFN2S. The molecule has 0 heterocycles. The SMILES string of the molecule is CC(C)CN(CCC(N)=S)Cc1cc(Cl)ccc1F. The fourth-order valence-corrected chi connectivity index (χ4v) is 2.21. The summed E-state index contributed by atoms with van der Waals surface area (Å²) in [6.07, 6.45) is 0.643. The van der Waals surface area contributed by atoms with Crippen LogP contribution in [0.25, 0.3) is 0 Å². The lowest BCUT2D eigenvalue weighted by atomic mass is 10.1. The highest BCUT2D eigenvalue weighted by Crippen LogP contribution is 2.17. The van der Waals surface area contributed by atoms with Gasteiger partial charge >= 0.3 is 0 Å². The zero-order chi connectivity index (χ0) is 14.4. The Morgan fingerprint density at radius 3 is 2.74 bits per heavy atom. The van der Waals surface area contributed by atoms with Crippen LogP contribution in [0.3, 0.4) is 0 Å². The molecule has 0 amide bonds. The van der Waals surface area contributed by atoms with Gasteiger partial charge in [0.2, 0.25) is 0 Å². The third-order valence-electron chi connectivity index (χ3n) is 2.70. The number of hydrogen-bond donors (Lipinski definition) is 1. The molecule has 0 spiro atoms. The number of hydrogen-bond acceptors (Lipinski definition) is 2. The first-order chi connectivity index (χ1) is 8.88. The number of benzene rings is 1. The fourth-order valence-electron chi connectivity index (χ4n) is 1.92. The zero-order valence-electron chi connectivity index (χ0n) is 11.3. The van der Waals surface area contributed by atoms with E-state index >= 15 is 0 Å². The molecule has 2 N–H and O–H groups in total. The van der Waals surface area contributed by atoms with Crippen LogP contribution in [-0.4, -0.2) is 23.0 Å². The second-order valence-corrected chi connectivity index (χ2v) is 6.04. The summed E-state index contributed by atoms with van der Waals surface area (Å²) in [6.45, 7) is 6.38. The van der Waals surface area contributed by atoms with Crippen LogP contribution >= 0.6 is 23.8 Å². The first-order valence-corrected chi connectivity index (χ1v) is 7.11. The van der Waals surface area contributed by atoms with Crippen molar-refractivity contribution in [3.8, 4) is 0 Å². The molecule has 1 aromatic carbocycles. The first kappa shape index (κ1) is 16.3. The predicted molar refractivity (Wildman–Crippen MR) is 82.9 cm³/mol. The van der Waals surface area contributed by atoms with E-state index < -0.39 is 0 Å². The second kappa shape index (κ2) is 7.78. The van der Waals surface area contributed by atoms with Gasteiger partial charge in [-0.05, 0) is 24.1 Å². The highest BCUT2D eigenvalue weighted by atomic mass is 35.5. The molecule has 106 valence electrons. The van der Waals surface area contributed by atoms with Crippen LogP contribution in [0.5, 0.6) is 0 Å². The molecule has 0 aliphatic carbocycles. The van der Waals surface area contributed by atoms with Crippen LogP contribution in [0.1, 0.15) is 25.8 Å². The molecule has 1 rings (SSSR count). The molecule has 0 aliphatic heterocycles. The van der Waals surface area contributed by atoms with Crippen LogP contribution in [0.4, 0.5) is 4.39 Å². The first-order valence-electron chi connectivity index (χ1n) is 6.33. The van der Waals surface area contributed by atoms with Gasteiger partial charge in [-0.15, -0.1) is 0 Å². The van der Waals surface area contributed by atoms with Gasteiger partial charge in [0, 0.05) is 36.6 Å². The van der Waals surface area contributed by atoms with Gasteiger partial charge < -0.3 is 5.73 Å². The monoisotopic (exact) mass is 302 g/mol. The van der Waals surface area contributed by atoms with E-state index in [1.165, 1.54) is 6.07 Å². The minimum atomic E-state index is -0.228. The summed E-state index contributed by atoms with van der Waals surface area (Å²) in [7, 11) is 0. The Bertz CT molecular complexity index is 437. The summed E-state index contributed by atoms with van der Waals surface area (Å²) in [5.41, 5.74) is 6.14. The van der Waals surface area contributed by atoms with Crippen LogP contribution in [0.15, 0.2) is 18.2 Å². The molecule has 0 aromatic heterocycles. The lowest BCUT2D eigenvalue weighted by Crippen LogP contribution is -2.31. The highest BCUT2D eigenvalue weighted by Gasteiger charge is 2.12. The van der Waals surface area contributed by atoms with Crippen molar-refractivity contribution in [2.24, 2.45) is 11.7 Å². The molecule has 0 radical (unpaired) electrons. The lowest BCUT2D eigenvalue weighted by molar-refractivity contribution is 0.239. The summed E-state index contributed by atoms with van der Waals surface area (Å²) in [5, 5.41) is 0.551. The Labute approximate surface area is 124 Å². The van der Waals surface area contributed by atoms with Crippen molar-refractivity contribution >= 4 is 28.8 Å². The summed E-state index contributed by atoms with van der Waals surface area (Å²) in [4.78, 5) is 2.64. The summed E-state index contributed by atoms with van der Waals surface area (Å²) >= 11 is 10.8. The zero-order valence-corrected chi connectivity index (χ0v) is 12.9. The van der Waals surface area contributed by atoms with E-state index in [-0.39, 0.29) is 5.82 Å². The molecule has 5 heteroatoms. The van der Waals surface area contributed by atoms with Crippen molar-refractivity contribution in [3.05, 3.63) is 34.6 Å². The molecule has 0 saturated heterocycles. The fraction of sp³-hybridized carbons (Fsp3) is 0.500. The van der Waals surface area contributed by atoms with Crippen molar-refractivity contribution < 1.29 is 4.39 Å². The largest absolute Gasteiger partial charge is 0.393 e. The number of thiocarbonyl (C=S) groups is 1. The van der Waals surface area contributed by atoms with Crippen LogP contribution in [0, 0.1) is 11.7 Å². The Morgan fingerprint density at radius 2 is 2.16 bits per heavy atom. The van der Waals surface area contributed by atoms with Gasteiger partial charge in [-0.1, -0.05) is 37.7 Å². The lowest BCUT2D eigenvalue weighted by Gasteiger charge is -2.24. The standard InChI is InChI=1S/C14H20ClFN2S/c1-10(2)8-18(6-5-14(17)19)9-11-7-12(15)3-4-13(11)16/h3-4,7,10H,5-6,8-9H2,1-2H3,(H2,17,19). The Kier molecular flexibility index (Phi) is 6.69. The normalized spacial score (nSPS) is 11.3. The molecule has 0 saturated carbocycles. The number of halogens is 2. The average Bonchev–Trinajstić information content (AvgIpc) is 2.30. The molecular weight excluding hydrogens is 283 g/mol. The highest BCUT2D eigenvalue weighted by molar-refractivity contribution is 7.80. The summed E-state index contributed by atoms with van der Waals surface area (Å²) in [5.74, 6) is 0.266. The quantitative estimate of drug-likeness (QED) is 0.780. The van der Waals surface area contributed by atoms with E-state index in [0.29, 0.717) is 34.5 Å². The molecule has 0 unspecified atom stereocenters. The smallest absolute Gasteiger partial charge is 0.127 e. The van der Waals surface area contributed by atoms with Gasteiger partial charge in [0.15, 0.2) is 0 Å². The molecule has 1 aromatic rings. The topological polar surface area (TPSA) is 29.3 Å². The average molecular weight is 303 g/mol. The van der Waals surface area contributed by atoms with Crippen LogP contribution in [-0.2, 0) is 6.54 Å². The van der Waals surface area contributed by atoms with E-state index in [4.69, 9.17) is 29.6 Å². The van der Waals surface area contributed by atoms with Gasteiger partial charge in [-0.25, -0.2) is 4.39 Å². The molecule has 0 fully saturated rings. The molecule has 2 nitrogen and oxygen atoms in total. The Hall–Kier alpha value is -0.710. The van der Waals surface area contributed by atoms with Crippen molar-refractivity contribution in [2.45, 2.75) is 26.8 Å². The molecule has 0 atom stereocenters. The summed E-state index contributed by atoms with van der Waals surface area (Å²) < 4.78 is 13.7. The van der Waals surface area contributed by atoms with Crippen LogP contribution < -0.4 is 5.73 Å². The van der Waals surface area contributed by atoms with Crippen LogP contribution in [0.2, 0.25) is 5.02 Å². The Morgan fingerprint density at radius 1 is 1.47 bits per heavy atom. The summed E-state index contributed by atoms with van der Waals surface area (Å²) in [6, 6.07) is 4.63. The maximum atomic E-state index is 13.7. The van der Waals surface area contributed by atoms with Gasteiger partial charge in [0.05, 0.1) is 4.99 Å². The van der Waals surface area contributed by atoms with E-state index in [0.717, 1.165) is 13.1 Å². The number of rotatable bonds is 7. The van der Waals surface area contributed by atoms with E-state index in [9.17, 15) is 4.39 Å². The van der Waals surface area contributed by atoms with Gasteiger partial charge in [-0.2, -0.15) is 0 Å². The van der Waals surface area contributed by atoms with E-state index in [2.05, 4.69) is 18.7 Å².